The summed E-state index contributed by atoms with van der Waals surface area (Å²) in [7, 11) is 0. The third-order valence-corrected chi connectivity index (χ3v) is 3.25. The van der Waals surface area contributed by atoms with Gasteiger partial charge in [0.25, 0.3) is 0 Å². The number of rotatable bonds is 3. The van der Waals surface area contributed by atoms with Gasteiger partial charge < -0.3 is 0 Å². The highest BCUT2D eigenvalue weighted by molar-refractivity contribution is 6.17. The molecule has 17 heavy (non-hydrogen) atoms. The fourth-order valence-corrected chi connectivity index (χ4v) is 1.92. The normalized spacial score (nSPS) is 18.8. The zero-order valence-electron chi connectivity index (χ0n) is 9.56. The van der Waals surface area contributed by atoms with Crippen molar-refractivity contribution in [3.63, 3.8) is 0 Å². The van der Waals surface area contributed by atoms with Crippen LogP contribution in [0.15, 0.2) is 24.3 Å². The van der Waals surface area contributed by atoms with Gasteiger partial charge >= 0.3 is 0 Å². The van der Waals surface area contributed by atoms with Crippen molar-refractivity contribution in [2.45, 2.75) is 25.7 Å². The number of hydrogen-bond acceptors (Lipinski definition) is 2. The minimum atomic E-state index is -0.0203. The summed E-state index contributed by atoms with van der Waals surface area (Å²) in [6.45, 7) is 0. The molecule has 0 unspecified atom stereocenters. The van der Waals surface area contributed by atoms with E-state index in [0.29, 0.717) is 5.69 Å². The Balaban J connectivity index is 1.89. The second-order valence-corrected chi connectivity index (χ2v) is 4.82. The van der Waals surface area contributed by atoms with E-state index in [2.05, 4.69) is 6.07 Å². The van der Waals surface area contributed by atoms with Crippen LogP contribution in [0.2, 0.25) is 0 Å². The van der Waals surface area contributed by atoms with Crippen LogP contribution in [-0.2, 0) is 9.59 Å². The molecule has 1 aromatic rings. The van der Waals surface area contributed by atoms with Gasteiger partial charge in [0.05, 0.1) is 5.69 Å². The zero-order valence-corrected chi connectivity index (χ0v) is 9.56. The number of anilines is 1. The van der Waals surface area contributed by atoms with E-state index in [1.54, 1.807) is 24.3 Å². The number of carbonyl (C=O) groups excluding carboxylic acids is 2. The van der Waals surface area contributed by atoms with Crippen molar-refractivity contribution in [2.24, 2.45) is 11.8 Å². The monoisotopic (exact) mass is 228 g/mol. The van der Waals surface area contributed by atoms with Crippen LogP contribution in [0, 0.1) is 17.9 Å². The third kappa shape index (κ3) is 2.09. The number of amides is 2. The maximum atomic E-state index is 12.2. The van der Waals surface area contributed by atoms with Crippen molar-refractivity contribution >= 4 is 17.5 Å². The molecule has 1 aromatic carbocycles. The molecule has 0 aromatic heterocycles. The highest BCUT2D eigenvalue weighted by atomic mass is 16.2. The van der Waals surface area contributed by atoms with Gasteiger partial charge in [0.2, 0.25) is 11.8 Å². The average Bonchev–Trinajstić information content (AvgIpc) is 3.20. The first-order valence-corrected chi connectivity index (χ1v) is 6.11. The van der Waals surface area contributed by atoms with Crippen molar-refractivity contribution in [3.8, 4) is 0 Å². The lowest BCUT2D eigenvalue weighted by molar-refractivity contribution is -0.127. The Morgan fingerprint density at radius 1 is 1.00 bits per heavy atom. The van der Waals surface area contributed by atoms with E-state index < -0.39 is 0 Å². The highest BCUT2D eigenvalue weighted by Crippen LogP contribution is 2.37. The van der Waals surface area contributed by atoms with Gasteiger partial charge in [-0.2, -0.15) is 0 Å². The van der Waals surface area contributed by atoms with Gasteiger partial charge in [0.1, 0.15) is 0 Å². The van der Waals surface area contributed by atoms with Gasteiger partial charge in [0.15, 0.2) is 0 Å². The largest absolute Gasteiger partial charge is 0.274 e. The molecule has 3 rings (SSSR count). The molecule has 0 bridgehead atoms. The summed E-state index contributed by atoms with van der Waals surface area (Å²) in [4.78, 5) is 25.7. The first-order valence-electron chi connectivity index (χ1n) is 6.11. The summed E-state index contributed by atoms with van der Waals surface area (Å²) in [5.74, 6) is 0.102. The van der Waals surface area contributed by atoms with Crippen molar-refractivity contribution in [3.05, 3.63) is 30.3 Å². The quantitative estimate of drug-likeness (QED) is 0.743. The van der Waals surface area contributed by atoms with Crippen molar-refractivity contribution < 1.29 is 9.59 Å². The molecule has 3 heteroatoms. The van der Waals surface area contributed by atoms with Crippen LogP contribution in [0.4, 0.5) is 5.69 Å². The van der Waals surface area contributed by atoms with Crippen molar-refractivity contribution in [1.82, 2.24) is 0 Å². The molecule has 3 nitrogen and oxygen atoms in total. The van der Waals surface area contributed by atoms with Crippen LogP contribution >= 0.6 is 0 Å². The van der Waals surface area contributed by atoms with E-state index in [4.69, 9.17) is 0 Å². The molecule has 0 spiro atoms. The first-order chi connectivity index (χ1) is 8.27. The molecular weight excluding hydrogens is 214 g/mol. The molecule has 2 amide bonds. The Labute approximate surface area is 100 Å². The van der Waals surface area contributed by atoms with E-state index in [1.165, 1.54) is 4.90 Å². The molecule has 1 radical (unpaired) electrons. The predicted molar refractivity (Wildman–Crippen MR) is 63.2 cm³/mol. The Bertz CT molecular complexity index is 423. The zero-order chi connectivity index (χ0) is 11.8. The van der Waals surface area contributed by atoms with Gasteiger partial charge in [-0.05, 0) is 43.9 Å². The summed E-state index contributed by atoms with van der Waals surface area (Å²) < 4.78 is 0. The summed E-state index contributed by atoms with van der Waals surface area (Å²) in [5.41, 5.74) is 0.692. The van der Waals surface area contributed by atoms with Crippen LogP contribution in [0.5, 0.6) is 0 Å². The molecule has 0 heterocycles. The maximum absolute atomic E-state index is 12.2. The minimum absolute atomic E-state index is 0.0203. The second kappa shape index (κ2) is 3.99. The summed E-state index contributed by atoms with van der Waals surface area (Å²) >= 11 is 0. The molecule has 0 aliphatic heterocycles. The van der Waals surface area contributed by atoms with Gasteiger partial charge in [-0.15, -0.1) is 0 Å². The van der Waals surface area contributed by atoms with Crippen molar-refractivity contribution in [1.29, 1.82) is 0 Å². The lowest BCUT2D eigenvalue weighted by Gasteiger charge is -2.20. The van der Waals surface area contributed by atoms with E-state index in [-0.39, 0.29) is 23.7 Å². The van der Waals surface area contributed by atoms with E-state index in [1.807, 2.05) is 0 Å². The Hall–Kier alpha value is -1.64. The molecule has 0 atom stereocenters. The highest BCUT2D eigenvalue weighted by Gasteiger charge is 2.41. The third-order valence-electron chi connectivity index (χ3n) is 3.25. The van der Waals surface area contributed by atoms with Crippen LogP contribution < -0.4 is 4.90 Å². The SMILES string of the molecule is O=C(C1CC1)N(C(=O)C1CC1)c1cc[c]cc1. The number of imide groups is 1. The van der Waals surface area contributed by atoms with Crippen LogP contribution in [-0.4, -0.2) is 11.8 Å². The fraction of sp³-hybridized carbons (Fsp3) is 0.429. The Morgan fingerprint density at radius 3 is 1.88 bits per heavy atom. The van der Waals surface area contributed by atoms with Crippen LogP contribution in [0.3, 0.4) is 0 Å². The lowest BCUT2D eigenvalue weighted by atomic mass is 10.2. The molecule has 0 saturated heterocycles. The summed E-state index contributed by atoms with van der Waals surface area (Å²) in [6, 6.07) is 9.94. The van der Waals surface area contributed by atoms with Gasteiger partial charge in [-0.25, -0.2) is 0 Å². The Morgan fingerprint density at radius 2 is 1.47 bits per heavy atom. The lowest BCUT2D eigenvalue weighted by Crippen LogP contribution is -2.39. The van der Waals surface area contributed by atoms with Crippen LogP contribution in [0.25, 0.3) is 0 Å². The van der Waals surface area contributed by atoms with Gasteiger partial charge in [-0.3, -0.25) is 14.5 Å². The second-order valence-electron chi connectivity index (χ2n) is 4.82. The van der Waals surface area contributed by atoms with Crippen LogP contribution in [0.1, 0.15) is 25.7 Å². The molecule has 87 valence electrons. The first kappa shape index (κ1) is 10.5. The van der Waals surface area contributed by atoms with Gasteiger partial charge in [0, 0.05) is 11.8 Å². The average molecular weight is 228 g/mol. The molecule has 2 aliphatic rings. The number of benzene rings is 1. The molecular formula is C14H14NO2. The van der Waals surface area contributed by atoms with E-state index in [9.17, 15) is 9.59 Å². The summed E-state index contributed by atoms with van der Waals surface area (Å²) in [5, 5.41) is 0. The number of carbonyl (C=O) groups is 2. The van der Waals surface area contributed by atoms with Crippen molar-refractivity contribution in [2.75, 3.05) is 4.90 Å². The number of nitrogens with zero attached hydrogens (tertiary/aromatic N) is 1. The van der Waals surface area contributed by atoms with E-state index in [0.717, 1.165) is 25.7 Å². The fourth-order valence-electron chi connectivity index (χ4n) is 1.92. The van der Waals surface area contributed by atoms with Gasteiger partial charge in [-0.1, -0.05) is 12.1 Å². The maximum Gasteiger partial charge on any atom is 0.236 e. The molecule has 0 N–H and O–H groups in total. The Kier molecular flexibility index (Phi) is 2.46. The summed E-state index contributed by atoms with van der Waals surface area (Å²) in [6.07, 6.45) is 3.69. The van der Waals surface area contributed by atoms with E-state index >= 15 is 0 Å². The smallest absolute Gasteiger partial charge is 0.236 e. The predicted octanol–water partition coefficient (Wildman–Crippen LogP) is 2.17. The molecule has 2 aliphatic carbocycles. The molecule has 2 fully saturated rings. The number of hydrogen-bond donors (Lipinski definition) is 0. The topological polar surface area (TPSA) is 37.4 Å². The minimum Gasteiger partial charge on any atom is -0.274 e. The molecule has 2 saturated carbocycles. The standard InChI is InChI=1S/C14H14NO2/c16-13(10-6-7-10)15(14(17)11-8-9-11)12-4-2-1-3-5-12/h2-5,10-11H,6-9H2.